The summed E-state index contributed by atoms with van der Waals surface area (Å²) in [6.45, 7) is 4.34. The van der Waals surface area contributed by atoms with Gasteiger partial charge in [0.05, 0.1) is 12.0 Å². The van der Waals surface area contributed by atoms with Gasteiger partial charge >= 0.3 is 0 Å². The lowest BCUT2D eigenvalue weighted by Crippen LogP contribution is -2.29. The van der Waals surface area contributed by atoms with Gasteiger partial charge in [0.2, 0.25) is 0 Å². The minimum absolute atomic E-state index is 0.0304. The predicted molar refractivity (Wildman–Crippen MR) is 80.4 cm³/mol. The quantitative estimate of drug-likeness (QED) is 0.861. The average molecular weight is 269 g/mol. The van der Waals surface area contributed by atoms with Crippen LogP contribution in [-0.4, -0.2) is 37.1 Å². The molecule has 106 valence electrons. The highest BCUT2D eigenvalue weighted by atomic mass is 15.2. The first kappa shape index (κ1) is 13.6. The fourth-order valence-corrected chi connectivity index (χ4v) is 3.16. The molecule has 2 aliphatic rings. The Morgan fingerprint density at radius 2 is 2.05 bits per heavy atom. The van der Waals surface area contributed by atoms with Gasteiger partial charge in [0, 0.05) is 19.1 Å². The Bertz CT molecular complexity index is 461. The van der Waals surface area contributed by atoms with Crippen molar-refractivity contribution in [2.45, 2.75) is 31.2 Å². The lowest BCUT2D eigenvalue weighted by Gasteiger charge is -2.16. The average Bonchev–Trinajstić information content (AvgIpc) is 3.24. The molecule has 1 saturated heterocycles. The third-order valence-corrected chi connectivity index (χ3v) is 4.52. The fraction of sp³-hybridized carbons (Fsp3) is 0.588. The minimum Gasteiger partial charge on any atom is -0.315 e. The van der Waals surface area contributed by atoms with E-state index in [4.69, 9.17) is 0 Å². The molecule has 2 unspecified atom stereocenters. The van der Waals surface area contributed by atoms with Gasteiger partial charge in [-0.2, -0.15) is 5.26 Å². The van der Waals surface area contributed by atoms with Gasteiger partial charge in [0.15, 0.2) is 0 Å². The van der Waals surface area contributed by atoms with Crippen molar-refractivity contribution < 1.29 is 0 Å². The molecule has 3 heteroatoms. The summed E-state index contributed by atoms with van der Waals surface area (Å²) in [7, 11) is 0. The zero-order chi connectivity index (χ0) is 13.8. The Morgan fingerprint density at radius 3 is 2.75 bits per heavy atom. The van der Waals surface area contributed by atoms with Crippen LogP contribution >= 0.6 is 0 Å². The molecule has 2 fully saturated rings. The molecule has 2 atom stereocenters. The van der Waals surface area contributed by atoms with Crippen LogP contribution in [0.2, 0.25) is 0 Å². The first-order valence-corrected chi connectivity index (χ1v) is 7.76. The molecular formula is C17H23N3. The number of hydrogen-bond donors (Lipinski definition) is 1. The van der Waals surface area contributed by atoms with Crippen molar-refractivity contribution in [1.82, 2.24) is 10.2 Å². The smallest absolute Gasteiger partial charge is 0.0837 e. The molecule has 0 aromatic heterocycles. The fourth-order valence-electron chi connectivity index (χ4n) is 3.16. The summed E-state index contributed by atoms with van der Waals surface area (Å²) in [6.07, 6.45) is 4.13. The standard InChI is InChI=1S/C17H23N3/c18-10-16(15-4-2-1-3-5-15)12-19-11-14-8-9-20(13-14)17-6-7-17/h1-5,14,16-17,19H,6-9,11-13H2. The first-order valence-electron chi connectivity index (χ1n) is 7.76. The lowest BCUT2D eigenvalue weighted by atomic mass is 10.0. The van der Waals surface area contributed by atoms with Gasteiger partial charge in [-0.25, -0.2) is 0 Å². The number of likely N-dealkylation sites (tertiary alicyclic amines) is 1. The second kappa shape index (κ2) is 6.39. The predicted octanol–water partition coefficient (Wildman–Crippen LogP) is 2.37. The monoisotopic (exact) mass is 269 g/mol. The van der Waals surface area contributed by atoms with Crippen LogP contribution in [0, 0.1) is 17.2 Å². The minimum atomic E-state index is -0.0304. The molecule has 0 bridgehead atoms. The van der Waals surface area contributed by atoms with E-state index in [9.17, 15) is 5.26 Å². The van der Waals surface area contributed by atoms with Crippen LogP contribution < -0.4 is 5.32 Å². The molecule has 3 nitrogen and oxygen atoms in total. The molecule has 0 amide bonds. The second-order valence-corrected chi connectivity index (χ2v) is 6.13. The van der Waals surface area contributed by atoms with Gasteiger partial charge in [-0.3, -0.25) is 0 Å². The summed E-state index contributed by atoms with van der Waals surface area (Å²) >= 11 is 0. The summed E-state index contributed by atoms with van der Waals surface area (Å²) in [5.41, 5.74) is 1.12. The van der Waals surface area contributed by atoms with E-state index >= 15 is 0 Å². The summed E-state index contributed by atoms with van der Waals surface area (Å²) < 4.78 is 0. The van der Waals surface area contributed by atoms with Gasteiger partial charge in [-0.05, 0) is 43.8 Å². The van der Waals surface area contributed by atoms with E-state index in [1.165, 1.54) is 32.4 Å². The summed E-state index contributed by atoms with van der Waals surface area (Å²) in [5.74, 6) is 0.739. The van der Waals surface area contributed by atoms with Crippen LogP contribution in [-0.2, 0) is 0 Å². The van der Waals surface area contributed by atoms with E-state index in [2.05, 4.69) is 16.3 Å². The molecule has 20 heavy (non-hydrogen) atoms. The van der Waals surface area contributed by atoms with Gasteiger partial charge < -0.3 is 10.2 Å². The highest BCUT2D eigenvalue weighted by Crippen LogP contribution is 2.31. The highest BCUT2D eigenvalue weighted by molar-refractivity contribution is 5.25. The normalized spacial score (nSPS) is 24.4. The van der Waals surface area contributed by atoms with Crippen molar-refractivity contribution in [2.75, 3.05) is 26.2 Å². The van der Waals surface area contributed by atoms with E-state index in [-0.39, 0.29) is 5.92 Å². The third kappa shape index (κ3) is 3.39. The number of benzene rings is 1. The molecule has 1 heterocycles. The van der Waals surface area contributed by atoms with Crippen molar-refractivity contribution in [3.8, 4) is 6.07 Å². The lowest BCUT2D eigenvalue weighted by molar-refractivity contribution is 0.312. The van der Waals surface area contributed by atoms with Crippen molar-refractivity contribution in [1.29, 1.82) is 5.26 Å². The van der Waals surface area contributed by atoms with Crippen molar-refractivity contribution >= 4 is 0 Å². The maximum Gasteiger partial charge on any atom is 0.0837 e. The van der Waals surface area contributed by atoms with Gasteiger partial charge in [-0.15, -0.1) is 0 Å². The molecule has 3 rings (SSSR count). The summed E-state index contributed by atoms with van der Waals surface area (Å²) in [4.78, 5) is 2.64. The Balaban J connectivity index is 1.42. The maximum atomic E-state index is 9.30. The van der Waals surface area contributed by atoms with Crippen LogP contribution in [0.15, 0.2) is 30.3 Å². The van der Waals surface area contributed by atoms with E-state index in [0.29, 0.717) is 0 Å². The topological polar surface area (TPSA) is 39.1 Å². The van der Waals surface area contributed by atoms with Gasteiger partial charge in [-0.1, -0.05) is 30.3 Å². The molecule has 1 aromatic rings. The zero-order valence-electron chi connectivity index (χ0n) is 12.0. The summed E-state index contributed by atoms with van der Waals surface area (Å²) in [6, 6.07) is 13.4. The summed E-state index contributed by atoms with van der Waals surface area (Å²) in [5, 5.41) is 12.8. The van der Waals surface area contributed by atoms with Crippen LogP contribution in [0.1, 0.15) is 30.7 Å². The van der Waals surface area contributed by atoms with Crippen molar-refractivity contribution in [2.24, 2.45) is 5.92 Å². The number of rotatable bonds is 6. The Labute approximate surface area is 121 Å². The number of hydrogen-bond acceptors (Lipinski definition) is 3. The zero-order valence-corrected chi connectivity index (χ0v) is 12.0. The van der Waals surface area contributed by atoms with Crippen LogP contribution in [0.3, 0.4) is 0 Å². The van der Waals surface area contributed by atoms with E-state index in [1.54, 1.807) is 0 Å². The highest BCUT2D eigenvalue weighted by Gasteiger charge is 2.34. The molecule has 0 radical (unpaired) electrons. The van der Waals surface area contributed by atoms with Gasteiger partial charge in [0.1, 0.15) is 0 Å². The van der Waals surface area contributed by atoms with Crippen molar-refractivity contribution in [3.05, 3.63) is 35.9 Å². The first-order chi connectivity index (χ1) is 9.86. The molecule has 1 aliphatic heterocycles. The van der Waals surface area contributed by atoms with E-state index in [1.807, 2.05) is 30.3 Å². The largest absolute Gasteiger partial charge is 0.315 e. The number of nitrogens with zero attached hydrogens (tertiary/aromatic N) is 2. The molecule has 1 N–H and O–H groups in total. The Hall–Kier alpha value is -1.37. The Morgan fingerprint density at radius 1 is 1.25 bits per heavy atom. The molecule has 0 spiro atoms. The van der Waals surface area contributed by atoms with Crippen LogP contribution in [0.25, 0.3) is 0 Å². The van der Waals surface area contributed by atoms with Crippen LogP contribution in [0.4, 0.5) is 0 Å². The second-order valence-electron chi connectivity index (χ2n) is 6.13. The van der Waals surface area contributed by atoms with Crippen molar-refractivity contribution in [3.63, 3.8) is 0 Å². The molecule has 1 aromatic carbocycles. The third-order valence-electron chi connectivity index (χ3n) is 4.52. The molecular weight excluding hydrogens is 246 g/mol. The number of nitriles is 1. The van der Waals surface area contributed by atoms with E-state index in [0.717, 1.165) is 30.6 Å². The molecule has 1 aliphatic carbocycles. The number of nitrogens with one attached hydrogen (secondary N) is 1. The SMILES string of the molecule is N#CC(CNCC1CCN(C2CC2)C1)c1ccccc1. The maximum absolute atomic E-state index is 9.30. The Kier molecular flexibility index (Phi) is 4.34. The van der Waals surface area contributed by atoms with E-state index < -0.39 is 0 Å². The van der Waals surface area contributed by atoms with Gasteiger partial charge in [0.25, 0.3) is 0 Å². The molecule has 1 saturated carbocycles. The van der Waals surface area contributed by atoms with Crippen LogP contribution in [0.5, 0.6) is 0 Å².